The van der Waals surface area contributed by atoms with Crippen LogP contribution in [0.1, 0.15) is 24.6 Å². The third-order valence-electron chi connectivity index (χ3n) is 3.58. The lowest BCUT2D eigenvalue weighted by molar-refractivity contribution is -0.0127. The van der Waals surface area contributed by atoms with Gasteiger partial charge in [-0.05, 0) is 13.3 Å². The fourth-order valence-corrected chi connectivity index (χ4v) is 2.39. The Kier molecular flexibility index (Phi) is 3.69. The highest BCUT2D eigenvalue weighted by atomic mass is 16.5. The van der Waals surface area contributed by atoms with Crippen LogP contribution in [-0.2, 0) is 18.3 Å². The van der Waals surface area contributed by atoms with Gasteiger partial charge < -0.3 is 10.5 Å². The van der Waals surface area contributed by atoms with Crippen LogP contribution in [-0.4, -0.2) is 40.5 Å². The summed E-state index contributed by atoms with van der Waals surface area (Å²) < 4.78 is 7.27. The van der Waals surface area contributed by atoms with Gasteiger partial charge in [0.05, 0.1) is 18.9 Å². The lowest BCUT2D eigenvalue weighted by atomic mass is 10.1. The van der Waals surface area contributed by atoms with Crippen molar-refractivity contribution in [2.45, 2.75) is 32.9 Å². The fourth-order valence-electron chi connectivity index (χ4n) is 2.39. The number of aryl methyl sites for hydroxylation is 2. The Hall–Kier alpha value is -1.07. The third-order valence-corrected chi connectivity index (χ3v) is 3.58. The molecule has 2 rings (SSSR count). The summed E-state index contributed by atoms with van der Waals surface area (Å²) in [7, 11) is 1.89. The zero-order chi connectivity index (χ0) is 12.4. The van der Waals surface area contributed by atoms with E-state index >= 15 is 0 Å². The maximum absolute atomic E-state index is 6.05. The van der Waals surface area contributed by atoms with Crippen molar-refractivity contribution in [1.29, 1.82) is 0 Å². The van der Waals surface area contributed by atoms with E-state index in [1.165, 1.54) is 0 Å². The topological polar surface area (TPSA) is 56.3 Å². The first-order valence-corrected chi connectivity index (χ1v) is 6.23. The van der Waals surface area contributed by atoms with E-state index in [1.54, 1.807) is 4.68 Å². The molecule has 0 bridgehead atoms. The summed E-state index contributed by atoms with van der Waals surface area (Å²) in [6, 6.07) is 0.503. The quantitative estimate of drug-likeness (QED) is 0.851. The predicted octanol–water partition coefficient (Wildman–Crippen LogP) is 0.922. The summed E-state index contributed by atoms with van der Waals surface area (Å²) in [5.41, 5.74) is 8.24. The lowest BCUT2D eigenvalue weighted by Gasteiger charge is -2.35. The molecule has 96 valence electrons. The Bertz CT molecular complexity index is 388. The van der Waals surface area contributed by atoms with E-state index in [0.717, 1.165) is 49.8 Å². The van der Waals surface area contributed by atoms with Crippen molar-refractivity contribution in [2.24, 2.45) is 7.05 Å². The Morgan fingerprint density at radius 1 is 1.53 bits per heavy atom. The minimum Gasteiger partial charge on any atom is -0.384 e. The van der Waals surface area contributed by atoms with E-state index in [0.29, 0.717) is 6.04 Å². The molecule has 0 radical (unpaired) electrons. The van der Waals surface area contributed by atoms with E-state index in [1.807, 2.05) is 14.0 Å². The van der Waals surface area contributed by atoms with Gasteiger partial charge >= 0.3 is 0 Å². The summed E-state index contributed by atoms with van der Waals surface area (Å²) in [5.74, 6) is 0.781. The average molecular weight is 238 g/mol. The molecule has 1 aromatic rings. The van der Waals surface area contributed by atoms with Gasteiger partial charge in [0.1, 0.15) is 5.82 Å². The molecule has 17 heavy (non-hydrogen) atoms. The number of aromatic nitrogens is 2. The van der Waals surface area contributed by atoms with Crippen LogP contribution < -0.4 is 5.73 Å². The first-order chi connectivity index (χ1) is 8.13. The molecule has 0 amide bonds. The number of hydrogen-bond acceptors (Lipinski definition) is 4. The molecule has 1 atom stereocenters. The van der Waals surface area contributed by atoms with Crippen LogP contribution in [0.25, 0.3) is 0 Å². The zero-order valence-electron chi connectivity index (χ0n) is 10.9. The zero-order valence-corrected chi connectivity index (χ0v) is 10.9. The van der Waals surface area contributed by atoms with Crippen molar-refractivity contribution in [3.63, 3.8) is 0 Å². The standard InChI is InChI=1S/C12H22N4O/c1-4-10-8-17-6-5-16(10)7-11-9(2)14-15(3)12(11)13/h10H,4-8,13H2,1-3H3. The van der Waals surface area contributed by atoms with Gasteiger partial charge in [-0.3, -0.25) is 9.58 Å². The van der Waals surface area contributed by atoms with Crippen LogP contribution in [0, 0.1) is 6.92 Å². The van der Waals surface area contributed by atoms with Crippen molar-refractivity contribution in [3.8, 4) is 0 Å². The van der Waals surface area contributed by atoms with Crippen LogP contribution >= 0.6 is 0 Å². The second kappa shape index (κ2) is 5.06. The summed E-state index contributed by atoms with van der Waals surface area (Å²) >= 11 is 0. The first kappa shape index (κ1) is 12.4. The Balaban J connectivity index is 2.13. The van der Waals surface area contributed by atoms with Gasteiger partial charge in [-0.1, -0.05) is 6.92 Å². The van der Waals surface area contributed by atoms with Gasteiger partial charge in [0.2, 0.25) is 0 Å². The van der Waals surface area contributed by atoms with Gasteiger partial charge in [0, 0.05) is 31.7 Å². The number of anilines is 1. The van der Waals surface area contributed by atoms with E-state index < -0.39 is 0 Å². The van der Waals surface area contributed by atoms with E-state index in [-0.39, 0.29) is 0 Å². The number of morpholine rings is 1. The molecule has 2 heterocycles. The highest BCUT2D eigenvalue weighted by Crippen LogP contribution is 2.21. The predicted molar refractivity (Wildman–Crippen MR) is 67.7 cm³/mol. The van der Waals surface area contributed by atoms with E-state index in [2.05, 4.69) is 16.9 Å². The molecule has 1 saturated heterocycles. The Morgan fingerprint density at radius 2 is 2.29 bits per heavy atom. The van der Waals surface area contributed by atoms with Crippen molar-refractivity contribution >= 4 is 5.82 Å². The molecule has 0 aliphatic carbocycles. The smallest absolute Gasteiger partial charge is 0.126 e. The average Bonchev–Trinajstić information content (AvgIpc) is 2.57. The van der Waals surface area contributed by atoms with Gasteiger partial charge in [-0.25, -0.2) is 0 Å². The number of nitrogen functional groups attached to an aromatic ring is 1. The molecular formula is C12H22N4O. The summed E-state index contributed by atoms with van der Waals surface area (Å²) in [6.45, 7) is 7.73. The van der Waals surface area contributed by atoms with Crippen molar-refractivity contribution in [3.05, 3.63) is 11.3 Å². The molecule has 0 aromatic carbocycles. The van der Waals surface area contributed by atoms with Gasteiger partial charge in [0.15, 0.2) is 0 Å². The SMILES string of the molecule is CCC1COCCN1Cc1c(C)nn(C)c1N. The second-order valence-electron chi connectivity index (χ2n) is 4.68. The van der Waals surface area contributed by atoms with Crippen molar-refractivity contribution < 1.29 is 4.74 Å². The molecule has 2 N–H and O–H groups in total. The molecule has 1 aliphatic heterocycles. The highest BCUT2D eigenvalue weighted by molar-refractivity contribution is 5.42. The monoisotopic (exact) mass is 238 g/mol. The minimum absolute atomic E-state index is 0.503. The lowest BCUT2D eigenvalue weighted by Crippen LogP contribution is -2.44. The number of hydrogen-bond donors (Lipinski definition) is 1. The van der Waals surface area contributed by atoms with Crippen molar-refractivity contribution in [1.82, 2.24) is 14.7 Å². The van der Waals surface area contributed by atoms with Crippen LogP contribution in [0.15, 0.2) is 0 Å². The first-order valence-electron chi connectivity index (χ1n) is 6.23. The normalized spacial score (nSPS) is 21.9. The molecule has 1 unspecified atom stereocenters. The maximum Gasteiger partial charge on any atom is 0.126 e. The maximum atomic E-state index is 6.05. The molecule has 0 saturated carbocycles. The van der Waals surface area contributed by atoms with Gasteiger partial charge in [-0.15, -0.1) is 0 Å². The number of nitrogens with two attached hydrogens (primary N) is 1. The number of nitrogens with zero attached hydrogens (tertiary/aromatic N) is 3. The summed E-state index contributed by atoms with van der Waals surface area (Å²) in [4.78, 5) is 2.45. The van der Waals surface area contributed by atoms with Crippen LogP contribution in [0.2, 0.25) is 0 Å². The van der Waals surface area contributed by atoms with Gasteiger partial charge in [0.25, 0.3) is 0 Å². The number of ether oxygens (including phenoxy) is 1. The molecule has 5 nitrogen and oxygen atoms in total. The van der Waals surface area contributed by atoms with E-state index in [9.17, 15) is 0 Å². The molecule has 0 spiro atoms. The molecule has 5 heteroatoms. The molecule has 1 fully saturated rings. The third kappa shape index (κ3) is 2.45. The fraction of sp³-hybridized carbons (Fsp3) is 0.750. The summed E-state index contributed by atoms with van der Waals surface area (Å²) in [5, 5.41) is 4.36. The second-order valence-corrected chi connectivity index (χ2v) is 4.68. The van der Waals surface area contributed by atoms with Gasteiger partial charge in [-0.2, -0.15) is 5.10 Å². The Labute approximate surface area is 103 Å². The summed E-state index contributed by atoms with van der Waals surface area (Å²) in [6.07, 6.45) is 1.11. The molecule has 1 aliphatic rings. The number of rotatable bonds is 3. The van der Waals surface area contributed by atoms with Crippen LogP contribution in [0.5, 0.6) is 0 Å². The molecular weight excluding hydrogens is 216 g/mol. The van der Waals surface area contributed by atoms with E-state index in [4.69, 9.17) is 10.5 Å². The van der Waals surface area contributed by atoms with Crippen LogP contribution in [0.3, 0.4) is 0 Å². The minimum atomic E-state index is 0.503. The molecule has 1 aromatic heterocycles. The largest absolute Gasteiger partial charge is 0.384 e. The Morgan fingerprint density at radius 3 is 2.88 bits per heavy atom. The highest BCUT2D eigenvalue weighted by Gasteiger charge is 2.23. The van der Waals surface area contributed by atoms with Crippen molar-refractivity contribution in [2.75, 3.05) is 25.5 Å². The van der Waals surface area contributed by atoms with Crippen LogP contribution in [0.4, 0.5) is 5.82 Å².